The van der Waals surface area contributed by atoms with Crippen LogP contribution in [0.1, 0.15) is 13.3 Å². The van der Waals surface area contributed by atoms with Crippen molar-refractivity contribution in [2.45, 2.75) is 18.2 Å². The van der Waals surface area contributed by atoms with E-state index in [2.05, 4.69) is 4.72 Å². The summed E-state index contributed by atoms with van der Waals surface area (Å²) < 4.78 is 32.7. The molecule has 1 aliphatic rings. The number of benzene rings is 2. The first-order valence-electron chi connectivity index (χ1n) is 8.67. The molecule has 0 spiro atoms. The lowest BCUT2D eigenvalue weighted by Crippen LogP contribution is -2.31. The Kier molecular flexibility index (Phi) is 6.04. The Morgan fingerprint density at radius 3 is 2.44 bits per heavy atom. The molecule has 1 aliphatic heterocycles. The van der Waals surface area contributed by atoms with Crippen LogP contribution in [0.25, 0.3) is 0 Å². The van der Waals surface area contributed by atoms with Gasteiger partial charge in [0.15, 0.2) is 0 Å². The maximum absolute atomic E-state index is 12.4. The Morgan fingerprint density at radius 2 is 1.81 bits per heavy atom. The molecule has 1 N–H and O–H groups in total. The Balaban J connectivity index is 1.61. The minimum absolute atomic E-state index is 0.0187. The second-order valence-corrected chi connectivity index (χ2v) is 8.51. The smallest absolute Gasteiger partial charge is 0.240 e. The normalized spacial score (nSPS) is 17.3. The van der Waals surface area contributed by atoms with Crippen LogP contribution in [-0.4, -0.2) is 34.0 Å². The van der Waals surface area contributed by atoms with E-state index < -0.39 is 10.0 Å². The number of hydrogen-bond acceptors (Lipinski definition) is 4. The molecule has 1 atom stereocenters. The molecule has 6 nitrogen and oxygen atoms in total. The monoisotopic (exact) mass is 408 g/mol. The minimum atomic E-state index is -3.63. The van der Waals surface area contributed by atoms with Gasteiger partial charge in [-0.3, -0.25) is 4.79 Å². The number of carbonyl (C=O) groups excluding carboxylic acids is 1. The molecule has 1 amide bonds. The van der Waals surface area contributed by atoms with Crippen LogP contribution in [0.15, 0.2) is 53.4 Å². The van der Waals surface area contributed by atoms with Gasteiger partial charge < -0.3 is 9.64 Å². The molecule has 144 valence electrons. The zero-order valence-electron chi connectivity index (χ0n) is 14.9. The average Bonchev–Trinajstić information content (AvgIpc) is 3.02. The summed E-state index contributed by atoms with van der Waals surface area (Å²) in [7, 11) is -3.63. The average molecular weight is 409 g/mol. The quantitative estimate of drug-likeness (QED) is 0.763. The number of carbonyl (C=O) groups is 1. The highest BCUT2D eigenvalue weighted by Crippen LogP contribution is 2.27. The standard InChI is InChI=1S/C19H21ClN2O4S/c1-2-26-17-7-5-16(6-8-17)22-13-14(11-19(22)23)12-21-27(24,25)18-9-3-15(20)4-10-18/h3-10,14,21H,2,11-13H2,1H3/t14-/m1/s1. The molecule has 1 fully saturated rings. The van der Waals surface area contributed by atoms with Crippen LogP contribution >= 0.6 is 11.6 Å². The number of sulfonamides is 1. The van der Waals surface area contributed by atoms with Crippen molar-refractivity contribution in [1.29, 1.82) is 0 Å². The van der Waals surface area contributed by atoms with Crippen LogP contribution in [0.5, 0.6) is 5.75 Å². The van der Waals surface area contributed by atoms with Gasteiger partial charge in [0.2, 0.25) is 15.9 Å². The van der Waals surface area contributed by atoms with Crippen molar-refractivity contribution in [3.8, 4) is 5.75 Å². The van der Waals surface area contributed by atoms with Crippen molar-refractivity contribution in [1.82, 2.24) is 4.72 Å². The lowest BCUT2D eigenvalue weighted by Gasteiger charge is -2.17. The second kappa shape index (κ2) is 8.29. The molecule has 1 saturated heterocycles. The molecular weight excluding hydrogens is 388 g/mol. The van der Waals surface area contributed by atoms with E-state index in [0.29, 0.717) is 24.6 Å². The molecule has 2 aromatic carbocycles. The van der Waals surface area contributed by atoms with Crippen LogP contribution in [0.3, 0.4) is 0 Å². The molecule has 3 rings (SSSR count). The summed E-state index contributed by atoms with van der Waals surface area (Å²) in [6, 6.07) is 13.3. The Hall–Kier alpha value is -2.09. The fourth-order valence-corrected chi connectivity index (χ4v) is 4.22. The zero-order valence-corrected chi connectivity index (χ0v) is 16.5. The topological polar surface area (TPSA) is 75.7 Å². The molecule has 8 heteroatoms. The van der Waals surface area contributed by atoms with Gasteiger partial charge >= 0.3 is 0 Å². The summed E-state index contributed by atoms with van der Waals surface area (Å²) in [5.74, 6) is 0.640. The Bertz CT molecular complexity index is 898. The van der Waals surface area contributed by atoms with E-state index in [1.165, 1.54) is 24.3 Å². The van der Waals surface area contributed by atoms with E-state index in [0.717, 1.165) is 11.4 Å². The molecular formula is C19H21ClN2O4S. The fraction of sp³-hybridized carbons (Fsp3) is 0.316. The molecule has 0 radical (unpaired) electrons. The minimum Gasteiger partial charge on any atom is -0.494 e. The second-order valence-electron chi connectivity index (χ2n) is 6.31. The van der Waals surface area contributed by atoms with Gasteiger partial charge in [-0.1, -0.05) is 11.6 Å². The number of ether oxygens (including phenoxy) is 1. The summed E-state index contributed by atoms with van der Waals surface area (Å²) in [6.45, 7) is 3.16. The molecule has 0 saturated carbocycles. The van der Waals surface area contributed by atoms with Crippen LogP contribution in [0.4, 0.5) is 5.69 Å². The van der Waals surface area contributed by atoms with E-state index >= 15 is 0 Å². The maximum atomic E-state index is 12.4. The lowest BCUT2D eigenvalue weighted by atomic mass is 10.1. The van der Waals surface area contributed by atoms with Gasteiger partial charge in [0.05, 0.1) is 11.5 Å². The highest BCUT2D eigenvalue weighted by Gasteiger charge is 2.31. The molecule has 27 heavy (non-hydrogen) atoms. The predicted octanol–water partition coefficient (Wildman–Crippen LogP) is 3.07. The summed E-state index contributed by atoms with van der Waals surface area (Å²) in [4.78, 5) is 14.2. The number of rotatable bonds is 7. The molecule has 1 heterocycles. The van der Waals surface area contributed by atoms with Gasteiger partial charge in [-0.15, -0.1) is 0 Å². The molecule has 0 unspecified atom stereocenters. The third-order valence-electron chi connectivity index (χ3n) is 4.35. The van der Waals surface area contributed by atoms with Crippen LogP contribution < -0.4 is 14.4 Å². The highest BCUT2D eigenvalue weighted by atomic mass is 35.5. The number of amides is 1. The maximum Gasteiger partial charge on any atom is 0.240 e. The van der Waals surface area contributed by atoms with Gasteiger partial charge in [-0.2, -0.15) is 0 Å². The van der Waals surface area contributed by atoms with Crippen molar-refractivity contribution >= 4 is 33.2 Å². The van der Waals surface area contributed by atoms with Gasteiger partial charge in [-0.05, 0) is 61.4 Å². The fourth-order valence-electron chi connectivity index (χ4n) is 2.98. The first-order valence-corrected chi connectivity index (χ1v) is 10.5. The number of halogens is 1. The van der Waals surface area contributed by atoms with E-state index in [9.17, 15) is 13.2 Å². The Morgan fingerprint density at radius 1 is 1.15 bits per heavy atom. The summed E-state index contributed by atoms with van der Waals surface area (Å²) in [5, 5.41) is 0.473. The Labute approximate surface area is 164 Å². The predicted molar refractivity (Wildman–Crippen MR) is 105 cm³/mol. The largest absolute Gasteiger partial charge is 0.494 e. The molecule has 0 bridgehead atoms. The van der Waals surface area contributed by atoms with Gasteiger partial charge in [0.1, 0.15) is 5.75 Å². The lowest BCUT2D eigenvalue weighted by molar-refractivity contribution is -0.117. The number of nitrogens with one attached hydrogen (secondary N) is 1. The molecule has 2 aromatic rings. The van der Waals surface area contributed by atoms with E-state index in [1.807, 2.05) is 31.2 Å². The summed E-state index contributed by atoms with van der Waals surface area (Å²) in [6.07, 6.45) is 0.302. The van der Waals surface area contributed by atoms with E-state index in [-0.39, 0.29) is 23.3 Å². The van der Waals surface area contributed by atoms with Crippen LogP contribution in [0, 0.1) is 5.92 Å². The number of hydrogen-bond donors (Lipinski definition) is 1. The van der Waals surface area contributed by atoms with Crippen molar-refractivity contribution < 1.29 is 17.9 Å². The molecule has 0 aliphatic carbocycles. The first-order chi connectivity index (χ1) is 12.9. The van der Waals surface area contributed by atoms with Gasteiger partial charge in [-0.25, -0.2) is 13.1 Å². The van der Waals surface area contributed by atoms with Crippen LogP contribution in [-0.2, 0) is 14.8 Å². The van der Waals surface area contributed by atoms with Crippen molar-refractivity contribution in [2.24, 2.45) is 5.92 Å². The van der Waals surface area contributed by atoms with Gasteiger partial charge in [0, 0.05) is 30.2 Å². The van der Waals surface area contributed by atoms with E-state index in [1.54, 1.807) is 4.90 Å². The first kappa shape index (κ1) is 19.7. The third-order valence-corrected chi connectivity index (χ3v) is 6.04. The number of anilines is 1. The van der Waals surface area contributed by atoms with Crippen molar-refractivity contribution in [2.75, 3.05) is 24.6 Å². The highest BCUT2D eigenvalue weighted by molar-refractivity contribution is 7.89. The van der Waals surface area contributed by atoms with Crippen molar-refractivity contribution in [3.05, 3.63) is 53.6 Å². The summed E-state index contributed by atoms with van der Waals surface area (Å²) in [5.41, 5.74) is 0.784. The van der Waals surface area contributed by atoms with Crippen LogP contribution in [0.2, 0.25) is 5.02 Å². The van der Waals surface area contributed by atoms with Gasteiger partial charge in [0.25, 0.3) is 0 Å². The van der Waals surface area contributed by atoms with Crippen molar-refractivity contribution in [3.63, 3.8) is 0 Å². The number of nitrogens with zero attached hydrogens (tertiary/aromatic N) is 1. The van der Waals surface area contributed by atoms with E-state index in [4.69, 9.17) is 16.3 Å². The SMILES string of the molecule is CCOc1ccc(N2C[C@@H](CNS(=O)(=O)c3ccc(Cl)cc3)CC2=O)cc1. The molecule has 0 aromatic heterocycles. The summed E-state index contributed by atoms with van der Waals surface area (Å²) >= 11 is 5.79. The third kappa shape index (κ3) is 4.80. The zero-order chi connectivity index (χ0) is 19.4.